The predicted octanol–water partition coefficient (Wildman–Crippen LogP) is 2.86. The molecule has 6 heteroatoms. The molecule has 0 saturated carbocycles. The third-order valence-corrected chi connectivity index (χ3v) is 4.63. The van der Waals surface area contributed by atoms with Gasteiger partial charge in [0.25, 0.3) is 0 Å². The Balaban J connectivity index is 1.92. The summed E-state index contributed by atoms with van der Waals surface area (Å²) in [5, 5.41) is 10.9. The van der Waals surface area contributed by atoms with Crippen LogP contribution in [0.3, 0.4) is 0 Å². The van der Waals surface area contributed by atoms with Crippen molar-refractivity contribution in [1.29, 1.82) is 0 Å². The van der Waals surface area contributed by atoms with E-state index in [0.29, 0.717) is 25.7 Å². The minimum absolute atomic E-state index is 0.317. The smallest absolute Gasteiger partial charge is 0.163 e. The lowest BCUT2D eigenvalue weighted by Gasteiger charge is -2.31. The van der Waals surface area contributed by atoms with Gasteiger partial charge in [0.15, 0.2) is 11.6 Å². The minimum atomic E-state index is -0.825. The summed E-state index contributed by atoms with van der Waals surface area (Å²) in [5.74, 6) is -0.643. The summed E-state index contributed by atoms with van der Waals surface area (Å²) in [6.45, 7) is 13.2. The molecular weight excluding hydrogens is 324 g/mol. The van der Waals surface area contributed by atoms with Gasteiger partial charge < -0.3 is 28.8 Å². The number of unbranched alkanes of at least 4 members (excludes halogenated alkanes) is 1. The third-order valence-electron chi connectivity index (χ3n) is 4.63. The van der Waals surface area contributed by atoms with Crippen molar-refractivity contribution in [3.8, 4) is 0 Å². The highest BCUT2D eigenvalue weighted by Gasteiger charge is 2.46. The molecule has 0 radical (unpaired) electrons. The maximum absolute atomic E-state index is 10.9. The standard InChI is InChI=1S/C19H36O6/c1-13(2)9-7-8-10-21-17(15-12-23-19(5,6)25-15)16(20)14-11-22-18(3,4)24-14/h13-17,20H,7-12H2,1-6H3/t14-,15-,16-,17-/m0/s1. The average Bonchev–Trinajstić information content (AvgIpc) is 3.04. The first kappa shape index (κ1) is 21.1. The topological polar surface area (TPSA) is 66.4 Å². The summed E-state index contributed by atoms with van der Waals surface area (Å²) < 4.78 is 29.1. The Hall–Kier alpha value is -0.240. The van der Waals surface area contributed by atoms with E-state index >= 15 is 0 Å². The van der Waals surface area contributed by atoms with Crippen molar-refractivity contribution in [1.82, 2.24) is 0 Å². The van der Waals surface area contributed by atoms with Gasteiger partial charge in [-0.05, 0) is 40.0 Å². The molecule has 6 nitrogen and oxygen atoms in total. The quantitative estimate of drug-likeness (QED) is 0.638. The summed E-state index contributed by atoms with van der Waals surface area (Å²) in [7, 11) is 0. The van der Waals surface area contributed by atoms with Gasteiger partial charge in [-0.2, -0.15) is 0 Å². The van der Waals surface area contributed by atoms with Crippen LogP contribution >= 0.6 is 0 Å². The van der Waals surface area contributed by atoms with Crippen LogP contribution in [0.5, 0.6) is 0 Å². The molecule has 2 aliphatic heterocycles. The van der Waals surface area contributed by atoms with E-state index in [1.165, 1.54) is 6.42 Å². The Morgan fingerprint density at radius 1 is 0.960 bits per heavy atom. The van der Waals surface area contributed by atoms with Gasteiger partial charge in [0.1, 0.15) is 24.4 Å². The van der Waals surface area contributed by atoms with Crippen molar-refractivity contribution in [3.05, 3.63) is 0 Å². The number of aliphatic hydroxyl groups is 1. The molecule has 2 fully saturated rings. The lowest BCUT2D eigenvalue weighted by molar-refractivity contribution is -0.193. The van der Waals surface area contributed by atoms with E-state index in [4.69, 9.17) is 23.7 Å². The van der Waals surface area contributed by atoms with E-state index in [0.717, 1.165) is 12.8 Å². The van der Waals surface area contributed by atoms with Gasteiger partial charge in [-0.3, -0.25) is 0 Å². The molecule has 2 heterocycles. The molecule has 0 aromatic rings. The van der Waals surface area contributed by atoms with Crippen LogP contribution in [0.25, 0.3) is 0 Å². The number of aliphatic hydroxyl groups excluding tert-OH is 1. The maximum Gasteiger partial charge on any atom is 0.163 e. The van der Waals surface area contributed by atoms with E-state index in [1.54, 1.807) is 0 Å². The molecule has 0 aromatic carbocycles. The van der Waals surface area contributed by atoms with Gasteiger partial charge in [-0.25, -0.2) is 0 Å². The van der Waals surface area contributed by atoms with Gasteiger partial charge in [-0.15, -0.1) is 0 Å². The fourth-order valence-corrected chi connectivity index (χ4v) is 3.27. The molecular formula is C19H36O6. The highest BCUT2D eigenvalue weighted by Crippen LogP contribution is 2.31. The molecule has 2 saturated heterocycles. The van der Waals surface area contributed by atoms with Gasteiger partial charge in [0, 0.05) is 6.61 Å². The van der Waals surface area contributed by atoms with Crippen molar-refractivity contribution >= 4 is 0 Å². The second-order valence-electron chi connectivity index (χ2n) is 8.45. The van der Waals surface area contributed by atoms with Crippen LogP contribution in [0, 0.1) is 5.92 Å². The SMILES string of the molecule is CC(C)CCCCO[C@H]([C@@H](O)[C@@H]1COC(C)(C)O1)[C@@H]1COC(C)(C)O1. The first-order chi connectivity index (χ1) is 11.6. The van der Waals surface area contributed by atoms with Crippen molar-refractivity contribution < 1.29 is 28.8 Å². The number of rotatable bonds is 9. The van der Waals surface area contributed by atoms with E-state index in [2.05, 4.69) is 13.8 Å². The van der Waals surface area contributed by atoms with Crippen LogP contribution < -0.4 is 0 Å². The second-order valence-corrected chi connectivity index (χ2v) is 8.45. The number of hydrogen-bond acceptors (Lipinski definition) is 6. The molecule has 0 amide bonds. The molecule has 0 spiro atoms. The van der Waals surface area contributed by atoms with E-state index in [-0.39, 0.29) is 6.10 Å². The van der Waals surface area contributed by atoms with Crippen LogP contribution in [0.4, 0.5) is 0 Å². The lowest BCUT2D eigenvalue weighted by Crippen LogP contribution is -2.49. The fraction of sp³-hybridized carbons (Fsp3) is 1.00. The number of ether oxygens (including phenoxy) is 5. The highest BCUT2D eigenvalue weighted by atomic mass is 16.8. The first-order valence-electron chi connectivity index (χ1n) is 9.53. The third kappa shape index (κ3) is 6.45. The molecule has 0 unspecified atom stereocenters. The average molecular weight is 360 g/mol. The maximum atomic E-state index is 10.9. The Bertz CT molecular complexity index is 409. The summed E-state index contributed by atoms with van der Waals surface area (Å²) in [6, 6.07) is 0. The zero-order valence-electron chi connectivity index (χ0n) is 16.6. The van der Waals surface area contributed by atoms with E-state index in [9.17, 15) is 5.11 Å². The van der Waals surface area contributed by atoms with Crippen LogP contribution in [0.1, 0.15) is 60.8 Å². The molecule has 0 aromatic heterocycles. The Kier molecular flexibility index (Phi) is 7.27. The van der Waals surface area contributed by atoms with E-state index < -0.39 is 29.9 Å². The van der Waals surface area contributed by atoms with Crippen LogP contribution in [0.2, 0.25) is 0 Å². The van der Waals surface area contributed by atoms with Crippen molar-refractivity contribution in [2.45, 2.75) is 96.8 Å². The van der Waals surface area contributed by atoms with Crippen molar-refractivity contribution in [2.75, 3.05) is 19.8 Å². The monoisotopic (exact) mass is 360 g/mol. The Morgan fingerprint density at radius 2 is 1.52 bits per heavy atom. The largest absolute Gasteiger partial charge is 0.387 e. The summed E-state index contributed by atoms with van der Waals surface area (Å²) in [6.07, 6.45) is 1.19. The van der Waals surface area contributed by atoms with E-state index in [1.807, 2.05) is 27.7 Å². The van der Waals surface area contributed by atoms with Gasteiger partial charge in [-0.1, -0.05) is 26.7 Å². The van der Waals surface area contributed by atoms with Crippen LogP contribution in [0.15, 0.2) is 0 Å². The van der Waals surface area contributed by atoms with Crippen molar-refractivity contribution in [2.24, 2.45) is 5.92 Å². The normalized spacial score (nSPS) is 30.7. The van der Waals surface area contributed by atoms with Gasteiger partial charge in [0.05, 0.1) is 13.2 Å². The zero-order chi connectivity index (χ0) is 18.7. The molecule has 2 rings (SSSR count). The predicted molar refractivity (Wildman–Crippen MR) is 94.2 cm³/mol. The summed E-state index contributed by atoms with van der Waals surface area (Å²) in [4.78, 5) is 0. The zero-order valence-corrected chi connectivity index (χ0v) is 16.6. The molecule has 1 N–H and O–H groups in total. The Labute approximate surface area is 152 Å². The van der Waals surface area contributed by atoms with Gasteiger partial charge >= 0.3 is 0 Å². The first-order valence-corrected chi connectivity index (χ1v) is 9.53. The van der Waals surface area contributed by atoms with Gasteiger partial charge in [0.2, 0.25) is 0 Å². The molecule has 2 aliphatic rings. The lowest BCUT2D eigenvalue weighted by atomic mass is 10.0. The second kappa shape index (κ2) is 8.63. The Morgan fingerprint density at radius 3 is 2.00 bits per heavy atom. The van der Waals surface area contributed by atoms with Crippen molar-refractivity contribution in [3.63, 3.8) is 0 Å². The van der Waals surface area contributed by atoms with Crippen LogP contribution in [-0.4, -0.2) is 60.9 Å². The summed E-state index contributed by atoms with van der Waals surface area (Å²) >= 11 is 0. The molecule has 0 bridgehead atoms. The fourth-order valence-electron chi connectivity index (χ4n) is 3.27. The van der Waals surface area contributed by atoms with Crippen LogP contribution in [-0.2, 0) is 23.7 Å². The number of hydrogen-bond donors (Lipinski definition) is 1. The molecule has 25 heavy (non-hydrogen) atoms. The molecule has 4 atom stereocenters. The molecule has 148 valence electrons. The molecule has 0 aliphatic carbocycles. The minimum Gasteiger partial charge on any atom is -0.387 e. The highest BCUT2D eigenvalue weighted by molar-refractivity contribution is 4.90. The summed E-state index contributed by atoms with van der Waals surface area (Å²) in [5.41, 5.74) is 0.